The summed E-state index contributed by atoms with van der Waals surface area (Å²) in [5.74, 6) is 1.22. The maximum Gasteiger partial charge on any atom is 0.224 e. The quantitative estimate of drug-likeness (QED) is 0.665. The molecule has 0 amide bonds. The molecule has 1 aromatic carbocycles. The fourth-order valence-electron chi connectivity index (χ4n) is 2.03. The third-order valence-corrected chi connectivity index (χ3v) is 3.08. The van der Waals surface area contributed by atoms with E-state index in [2.05, 4.69) is 25.6 Å². The smallest absolute Gasteiger partial charge is 0.224 e. The van der Waals surface area contributed by atoms with E-state index in [4.69, 9.17) is 5.11 Å². The molecule has 0 aliphatic heterocycles. The largest absolute Gasteiger partial charge is 0.396 e. The average Bonchev–Trinajstić information content (AvgIpc) is 2.96. The summed E-state index contributed by atoms with van der Waals surface area (Å²) in [6, 6.07) is 9.52. The van der Waals surface area contributed by atoms with Crippen molar-refractivity contribution in [2.75, 3.05) is 18.5 Å². The molecule has 0 radical (unpaired) electrons. The third-order valence-electron chi connectivity index (χ3n) is 3.08. The fraction of sp³-hybridized carbons (Fsp3) is 0.286. The van der Waals surface area contributed by atoms with E-state index in [0.29, 0.717) is 11.8 Å². The Hall–Kier alpha value is -2.54. The summed E-state index contributed by atoms with van der Waals surface area (Å²) >= 11 is 0. The molecule has 3 rings (SSSR count). The van der Waals surface area contributed by atoms with Crippen LogP contribution in [0.4, 0.5) is 5.95 Å². The van der Waals surface area contributed by atoms with Crippen LogP contribution in [0.1, 0.15) is 12.8 Å². The molecule has 7 heteroatoms. The number of aliphatic hydroxyl groups excluding tert-OH is 1. The second-order valence-corrected chi connectivity index (χ2v) is 4.59. The molecule has 2 heterocycles. The van der Waals surface area contributed by atoms with Gasteiger partial charge in [0.25, 0.3) is 0 Å². The second-order valence-electron chi connectivity index (χ2n) is 4.59. The predicted molar refractivity (Wildman–Crippen MR) is 79.3 cm³/mol. The minimum atomic E-state index is 0.202. The number of rotatable bonds is 6. The van der Waals surface area contributed by atoms with Crippen LogP contribution < -0.4 is 5.32 Å². The van der Waals surface area contributed by atoms with E-state index >= 15 is 0 Å². The Labute approximate surface area is 121 Å². The zero-order valence-electron chi connectivity index (χ0n) is 11.5. The molecule has 0 saturated carbocycles. The number of aliphatic hydroxyl groups is 1. The van der Waals surface area contributed by atoms with E-state index in [1.807, 2.05) is 24.3 Å². The lowest BCUT2D eigenvalue weighted by Crippen LogP contribution is -2.08. The van der Waals surface area contributed by atoms with Crippen LogP contribution in [0.25, 0.3) is 16.9 Å². The minimum absolute atomic E-state index is 0.202. The first-order valence-corrected chi connectivity index (χ1v) is 6.87. The minimum Gasteiger partial charge on any atom is -0.396 e. The van der Waals surface area contributed by atoms with Gasteiger partial charge in [0.15, 0.2) is 5.82 Å². The van der Waals surface area contributed by atoms with Crippen molar-refractivity contribution in [2.24, 2.45) is 0 Å². The van der Waals surface area contributed by atoms with Crippen LogP contribution in [0.2, 0.25) is 0 Å². The van der Waals surface area contributed by atoms with Crippen LogP contribution in [0.3, 0.4) is 0 Å². The molecule has 21 heavy (non-hydrogen) atoms. The number of benzene rings is 1. The van der Waals surface area contributed by atoms with Crippen molar-refractivity contribution in [3.8, 4) is 5.82 Å². The molecule has 0 fully saturated rings. The Bertz CT molecular complexity index is 726. The van der Waals surface area contributed by atoms with Gasteiger partial charge in [0.05, 0.1) is 5.52 Å². The number of para-hydroxylation sites is 1. The van der Waals surface area contributed by atoms with Crippen LogP contribution in [0.5, 0.6) is 0 Å². The first kappa shape index (κ1) is 13.4. The Morgan fingerprint density at radius 3 is 2.95 bits per heavy atom. The first-order valence-electron chi connectivity index (χ1n) is 6.87. The van der Waals surface area contributed by atoms with Crippen LogP contribution in [0, 0.1) is 0 Å². The molecular formula is C14H16N6O. The molecule has 0 atom stereocenters. The molecule has 0 aliphatic rings. The van der Waals surface area contributed by atoms with Crippen LogP contribution >= 0.6 is 0 Å². The fourth-order valence-corrected chi connectivity index (χ4v) is 2.03. The zero-order chi connectivity index (χ0) is 14.5. The van der Waals surface area contributed by atoms with E-state index in [9.17, 15) is 0 Å². The van der Waals surface area contributed by atoms with E-state index in [-0.39, 0.29) is 6.61 Å². The van der Waals surface area contributed by atoms with Gasteiger partial charge >= 0.3 is 0 Å². The normalized spacial score (nSPS) is 10.9. The van der Waals surface area contributed by atoms with Crippen molar-refractivity contribution in [1.29, 1.82) is 0 Å². The standard InChI is InChI=1S/C14H16N6O/c21-10-4-3-8-15-14-16-9-7-13(17-14)20-12-6-2-1-5-11(12)18-19-20/h1-2,5-7,9,21H,3-4,8,10H2,(H,15,16,17). The maximum absolute atomic E-state index is 8.76. The summed E-state index contributed by atoms with van der Waals surface area (Å²) < 4.78 is 1.69. The molecule has 2 N–H and O–H groups in total. The molecule has 7 nitrogen and oxygen atoms in total. The number of hydrogen-bond donors (Lipinski definition) is 2. The molecular weight excluding hydrogens is 268 g/mol. The lowest BCUT2D eigenvalue weighted by Gasteiger charge is -2.06. The highest BCUT2D eigenvalue weighted by molar-refractivity contribution is 5.75. The Balaban J connectivity index is 1.82. The second kappa shape index (κ2) is 6.27. The van der Waals surface area contributed by atoms with E-state index in [1.54, 1.807) is 16.9 Å². The molecule has 0 unspecified atom stereocenters. The molecule has 0 spiro atoms. The van der Waals surface area contributed by atoms with Crippen molar-refractivity contribution < 1.29 is 5.11 Å². The summed E-state index contributed by atoms with van der Waals surface area (Å²) in [6.45, 7) is 0.926. The number of hydrogen-bond acceptors (Lipinski definition) is 6. The summed E-state index contributed by atoms with van der Waals surface area (Å²) in [5, 5.41) is 20.1. The van der Waals surface area contributed by atoms with Gasteiger partial charge in [0.1, 0.15) is 5.52 Å². The highest BCUT2D eigenvalue weighted by Gasteiger charge is 2.07. The maximum atomic E-state index is 8.76. The van der Waals surface area contributed by atoms with E-state index in [1.165, 1.54) is 0 Å². The van der Waals surface area contributed by atoms with Gasteiger partial charge in [0.2, 0.25) is 5.95 Å². The van der Waals surface area contributed by atoms with Gasteiger partial charge < -0.3 is 10.4 Å². The number of unbranched alkanes of at least 4 members (excludes halogenated alkanes) is 1. The van der Waals surface area contributed by atoms with Gasteiger partial charge in [-0.25, -0.2) is 4.98 Å². The highest BCUT2D eigenvalue weighted by atomic mass is 16.2. The first-order chi connectivity index (χ1) is 10.4. The molecule has 3 aromatic rings. The summed E-state index contributed by atoms with van der Waals surface area (Å²) in [4.78, 5) is 8.62. The zero-order valence-corrected chi connectivity index (χ0v) is 11.5. The molecule has 0 saturated heterocycles. The SMILES string of the molecule is OCCCCNc1nccc(-n2nnc3ccccc32)n1. The van der Waals surface area contributed by atoms with Gasteiger partial charge in [-0.05, 0) is 25.0 Å². The van der Waals surface area contributed by atoms with E-state index in [0.717, 1.165) is 30.4 Å². The molecule has 108 valence electrons. The predicted octanol–water partition coefficient (Wildman–Crippen LogP) is 1.39. The number of nitrogens with zero attached hydrogens (tertiary/aromatic N) is 5. The molecule has 0 aliphatic carbocycles. The molecule has 2 aromatic heterocycles. The average molecular weight is 284 g/mol. The number of nitrogens with one attached hydrogen (secondary N) is 1. The number of anilines is 1. The van der Waals surface area contributed by atoms with Gasteiger partial charge in [-0.1, -0.05) is 17.3 Å². The van der Waals surface area contributed by atoms with Gasteiger partial charge in [-0.3, -0.25) is 0 Å². The van der Waals surface area contributed by atoms with Crippen LogP contribution in [-0.4, -0.2) is 43.2 Å². The van der Waals surface area contributed by atoms with Crippen LogP contribution in [0.15, 0.2) is 36.5 Å². The topological polar surface area (TPSA) is 88.8 Å². The van der Waals surface area contributed by atoms with Crippen molar-refractivity contribution in [2.45, 2.75) is 12.8 Å². The van der Waals surface area contributed by atoms with Crippen molar-refractivity contribution in [1.82, 2.24) is 25.0 Å². The van der Waals surface area contributed by atoms with Crippen LogP contribution in [-0.2, 0) is 0 Å². The van der Waals surface area contributed by atoms with Crippen molar-refractivity contribution in [3.63, 3.8) is 0 Å². The van der Waals surface area contributed by atoms with Gasteiger partial charge in [-0.15, -0.1) is 5.10 Å². The third kappa shape index (κ3) is 2.97. The Morgan fingerprint density at radius 1 is 1.14 bits per heavy atom. The van der Waals surface area contributed by atoms with E-state index < -0.39 is 0 Å². The van der Waals surface area contributed by atoms with Crippen molar-refractivity contribution >= 4 is 17.0 Å². The summed E-state index contributed by atoms with van der Waals surface area (Å²) in [6.07, 6.45) is 3.32. The Kier molecular flexibility index (Phi) is 4.02. The number of fused-ring (bicyclic) bond motifs is 1. The lowest BCUT2D eigenvalue weighted by atomic mass is 10.3. The van der Waals surface area contributed by atoms with Gasteiger partial charge in [0, 0.05) is 25.4 Å². The van der Waals surface area contributed by atoms with Gasteiger partial charge in [-0.2, -0.15) is 9.67 Å². The number of aromatic nitrogens is 5. The lowest BCUT2D eigenvalue weighted by molar-refractivity contribution is 0.286. The highest BCUT2D eigenvalue weighted by Crippen LogP contribution is 2.14. The van der Waals surface area contributed by atoms with Crippen molar-refractivity contribution in [3.05, 3.63) is 36.5 Å². The summed E-state index contributed by atoms with van der Waals surface area (Å²) in [5.41, 5.74) is 1.73. The monoisotopic (exact) mass is 284 g/mol. The summed E-state index contributed by atoms with van der Waals surface area (Å²) in [7, 11) is 0. The molecule has 0 bridgehead atoms. The Morgan fingerprint density at radius 2 is 2.05 bits per heavy atom.